The van der Waals surface area contributed by atoms with E-state index in [2.05, 4.69) is 9.47 Å². The predicted octanol–water partition coefficient (Wildman–Crippen LogP) is 5.43. The highest BCUT2D eigenvalue weighted by Crippen LogP contribution is 2.48. The molecule has 27 heavy (non-hydrogen) atoms. The predicted molar refractivity (Wildman–Crippen MR) is 67.8 cm³/mol. The number of alkyl halides is 1. The van der Waals surface area contributed by atoms with Crippen molar-refractivity contribution >= 4 is 0 Å². The van der Waals surface area contributed by atoms with Gasteiger partial charge in [0, 0.05) is 0 Å². The Hall–Kier alpha value is -2.88. The lowest BCUT2D eigenvalue weighted by molar-refractivity contribution is 0.0471. The second-order valence-corrected chi connectivity index (χ2v) is 4.75. The standard InChI is InChI=1S/C15H4F10O2/c16-2-1-5-14(25)15(6(19)3-17,7(4-18)26-5)27-13-11(23)9(21)8(20)10(22)12(13)24/h2-4,14H. The number of halogens is 10. The molecule has 0 aromatic heterocycles. The molecule has 0 radical (unpaired) electrons. The summed E-state index contributed by atoms with van der Waals surface area (Å²) in [6, 6.07) is 0. The van der Waals surface area contributed by atoms with E-state index >= 15 is 0 Å². The van der Waals surface area contributed by atoms with Gasteiger partial charge < -0.3 is 9.47 Å². The SMILES string of the molecule is FC=C=C1OC(=CF)C(Oc2c(F)c(F)c(F)c(F)c2F)(C(F)=CF)C1F. The molecule has 2 nitrogen and oxygen atoms in total. The minimum absolute atomic E-state index is 0.497. The maximum atomic E-state index is 14.5. The molecule has 2 rings (SSSR count). The monoisotopic (exact) mass is 406 g/mol. The van der Waals surface area contributed by atoms with Crippen molar-refractivity contribution in [2.75, 3.05) is 0 Å². The van der Waals surface area contributed by atoms with E-state index in [1.54, 1.807) is 0 Å². The van der Waals surface area contributed by atoms with Crippen molar-refractivity contribution in [2.45, 2.75) is 11.8 Å². The van der Waals surface area contributed by atoms with E-state index in [4.69, 9.17) is 0 Å². The Morgan fingerprint density at radius 2 is 1.48 bits per heavy atom. The van der Waals surface area contributed by atoms with Crippen molar-refractivity contribution in [3.05, 3.63) is 71.2 Å². The summed E-state index contributed by atoms with van der Waals surface area (Å²) in [6.45, 7) is 0. The van der Waals surface area contributed by atoms with E-state index in [-0.39, 0.29) is 0 Å². The molecule has 146 valence electrons. The smallest absolute Gasteiger partial charge is 0.260 e. The van der Waals surface area contributed by atoms with Crippen molar-refractivity contribution in [3.63, 3.8) is 0 Å². The normalized spacial score (nSPS) is 24.1. The highest BCUT2D eigenvalue weighted by atomic mass is 19.2. The molecule has 0 N–H and O–H groups in total. The van der Waals surface area contributed by atoms with Crippen LogP contribution in [0.5, 0.6) is 5.75 Å². The number of rotatable bonds is 3. The zero-order valence-electron chi connectivity index (χ0n) is 12.4. The van der Waals surface area contributed by atoms with Crippen molar-refractivity contribution in [1.82, 2.24) is 0 Å². The third-order valence-electron chi connectivity index (χ3n) is 3.35. The number of benzene rings is 1. The molecule has 0 aliphatic carbocycles. The van der Waals surface area contributed by atoms with Crippen LogP contribution < -0.4 is 4.74 Å². The number of hydrogen-bond donors (Lipinski definition) is 0. The summed E-state index contributed by atoms with van der Waals surface area (Å²) in [5, 5.41) is 0. The zero-order valence-corrected chi connectivity index (χ0v) is 12.4. The Morgan fingerprint density at radius 1 is 0.963 bits per heavy atom. The third kappa shape index (κ3) is 2.95. The van der Waals surface area contributed by atoms with Gasteiger partial charge in [-0.3, -0.25) is 0 Å². The molecule has 0 spiro atoms. The van der Waals surface area contributed by atoms with Gasteiger partial charge in [-0.05, 0) is 5.73 Å². The van der Waals surface area contributed by atoms with Gasteiger partial charge in [-0.1, -0.05) is 0 Å². The van der Waals surface area contributed by atoms with Crippen LogP contribution in [0.4, 0.5) is 43.9 Å². The molecule has 12 heteroatoms. The first-order chi connectivity index (χ1) is 12.7. The average Bonchev–Trinajstić information content (AvgIpc) is 2.94. The second-order valence-electron chi connectivity index (χ2n) is 4.75. The van der Waals surface area contributed by atoms with Gasteiger partial charge in [-0.15, -0.1) is 0 Å². The van der Waals surface area contributed by atoms with Crippen LogP contribution in [0.15, 0.2) is 42.1 Å². The third-order valence-corrected chi connectivity index (χ3v) is 3.35. The second kappa shape index (κ2) is 7.39. The Balaban J connectivity index is 2.81. The highest BCUT2D eigenvalue weighted by Gasteiger charge is 2.61. The summed E-state index contributed by atoms with van der Waals surface area (Å²) in [6.07, 6.45) is -5.54. The van der Waals surface area contributed by atoms with Crippen LogP contribution in [-0.4, -0.2) is 11.8 Å². The maximum absolute atomic E-state index is 14.5. The van der Waals surface area contributed by atoms with Crippen LogP contribution in [0.2, 0.25) is 0 Å². The van der Waals surface area contributed by atoms with Gasteiger partial charge in [0.25, 0.3) is 5.60 Å². The van der Waals surface area contributed by atoms with E-state index < -0.39 is 82.9 Å². The average molecular weight is 406 g/mol. The maximum Gasteiger partial charge on any atom is 0.260 e. The first-order valence-corrected chi connectivity index (χ1v) is 6.52. The largest absolute Gasteiger partial charge is 0.462 e. The lowest BCUT2D eigenvalue weighted by Crippen LogP contribution is -2.45. The molecule has 1 aromatic carbocycles. The van der Waals surface area contributed by atoms with Gasteiger partial charge in [0.05, 0.1) is 0 Å². The van der Waals surface area contributed by atoms with E-state index in [1.807, 2.05) is 0 Å². The van der Waals surface area contributed by atoms with Gasteiger partial charge in [-0.25, -0.2) is 35.1 Å². The van der Waals surface area contributed by atoms with Gasteiger partial charge in [0.1, 0.15) is 19.0 Å². The quantitative estimate of drug-likeness (QED) is 0.289. The Bertz CT molecular complexity index is 871. The van der Waals surface area contributed by atoms with Crippen molar-refractivity contribution in [2.24, 2.45) is 0 Å². The van der Waals surface area contributed by atoms with Crippen LogP contribution in [-0.2, 0) is 4.74 Å². The van der Waals surface area contributed by atoms with Crippen LogP contribution in [0.25, 0.3) is 0 Å². The van der Waals surface area contributed by atoms with E-state index in [1.165, 1.54) is 5.73 Å². The van der Waals surface area contributed by atoms with Crippen molar-refractivity contribution < 1.29 is 53.4 Å². The van der Waals surface area contributed by atoms with Crippen LogP contribution in [0.3, 0.4) is 0 Å². The Labute approximate surface area is 143 Å². The Kier molecular flexibility index (Phi) is 5.59. The molecule has 1 saturated heterocycles. The summed E-state index contributed by atoms with van der Waals surface area (Å²) in [4.78, 5) is 0. The molecule has 0 bridgehead atoms. The van der Waals surface area contributed by atoms with E-state index in [0.717, 1.165) is 0 Å². The minimum atomic E-state index is -3.84. The summed E-state index contributed by atoms with van der Waals surface area (Å²) in [7, 11) is 0. The van der Waals surface area contributed by atoms with Crippen LogP contribution in [0, 0.1) is 29.1 Å². The first kappa shape index (κ1) is 20.4. The summed E-state index contributed by atoms with van der Waals surface area (Å²) in [5.74, 6) is -20.9. The summed E-state index contributed by atoms with van der Waals surface area (Å²) in [5.41, 5.74) is -2.47. The fraction of sp³-hybridized carbons (Fsp3) is 0.133. The molecule has 2 atom stereocenters. The Morgan fingerprint density at radius 3 is 1.93 bits per heavy atom. The lowest BCUT2D eigenvalue weighted by atomic mass is 9.95. The number of hydrogen-bond acceptors (Lipinski definition) is 2. The van der Waals surface area contributed by atoms with Gasteiger partial charge in [0.2, 0.25) is 35.3 Å². The molecule has 0 saturated carbocycles. The van der Waals surface area contributed by atoms with Crippen molar-refractivity contribution in [1.29, 1.82) is 0 Å². The first-order valence-electron chi connectivity index (χ1n) is 6.52. The van der Waals surface area contributed by atoms with Gasteiger partial charge in [0.15, 0.2) is 23.1 Å². The molecular formula is C15H4F10O2. The van der Waals surface area contributed by atoms with Crippen LogP contribution >= 0.6 is 0 Å². The number of ether oxygens (including phenoxy) is 2. The molecular weight excluding hydrogens is 402 g/mol. The minimum Gasteiger partial charge on any atom is -0.462 e. The molecule has 1 aliphatic rings. The fourth-order valence-corrected chi connectivity index (χ4v) is 2.12. The zero-order chi connectivity index (χ0) is 20.5. The van der Waals surface area contributed by atoms with E-state index in [9.17, 15) is 43.9 Å². The van der Waals surface area contributed by atoms with Gasteiger partial charge >= 0.3 is 0 Å². The molecule has 1 heterocycles. The molecule has 2 unspecified atom stereocenters. The molecule has 0 amide bonds. The molecule has 1 fully saturated rings. The van der Waals surface area contributed by atoms with Crippen LogP contribution in [0.1, 0.15) is 0 Å². The summed E-state index contributed by atoms with van der Waals surface area (Å²) < 4.78 is 142. The summed E-state index contributed by atoms with van der Waals surface area (Å²) >= 11 is 0. The highest BCUT2D eigenvalue weighted by molar-refractivity contribution is 5.41. The van der Waals surface area contributed by atoms with Crippen molar-refractivity contribution in [3.8, 4) is 5.75 Å². The topological polar surface area (TPSA) is 18.5 Å². The lowest BCUT2D eigenvalue weighted by Gasteiger charge is -2.28. The molecule has 1 aliphatic heterocycles. The molecule has 1 aromatic rings. The van der Waals surface area contributed by atoms with Gasteiger partial charge in [-0.2, -0.15) is 8.78 Å². The van der Waals surface area contributed by atoms with E-state index in [0.29, 0.717) is 0 Å². The fourth-order valence-electron chi connectivity index (χ4n) is 2.12.